The van der Waals surface area contributed by atoms with Crippen molar-refractivity contribution in [1.82, 2.24) is 14.2 Å². The number of carbonyl (C=O) groups excluding carboxylic acids is 3. The van der Waals surface area contributed by atoms with E-state index in [1.54, 1.807) is 14.0 Å². The van der Waals surface area contributed by atoms with Crippen molar-refractivity contribution in [3.8, 4) is 0 Å². The molecule has 17 heteroatoms. The van der Waals surface area contributed by atoms with Crippen LogP contribution in [0.1, 0.15) is 55.4 Å². The molecule has 0 spiro atoms. The van der Waals surface area contributed by atoms with Crippen LogP contribution in [-0.4, -0.2) is 103 Å². The standard InChI is InChI=1S/C27H47N4O12P/c1-18(2)31(19(3)4)44(36-9)43-24(20(5)42-17-30-11-10-25(28-21(6)32)29-26(30)35)16-41-27(39-14-12-37-22(7)33)40-15-13-38-23(8)34/h10-11,18-20,24,27H,12-17H2,1-9H3,(H,28,29,32,35)/t20-,24-,44?/m1/s1. The molecular weight excluding hydrogens is 603 g/mol. The van der Waals surface area contributed by atoms with Crippen molar-refractivity contribution < 1.29 is 51.9 Å². The molecule has 0 saturated heterocycles. The van der Waals surface area contributed by atoms with Crippen molar-refractivity contribution in [2.24, 2.45) is 0 Å². The second kappa shape index (κ2) is 21.2. The lowest BCUT2D eigenvalue weighted by Gasteiger charge is -2.38. The molecule has 0 radical (unpaired) electrons. The summed E-state index contributed by atoms with van der Waals surface area (Å²) in [7, 11) is -0.0244. The summed E-state index contributed by atoms with van der Waals surface area (Å²) in [4.78, 5) is 49.8. The number of amides is 1. The molecule has 1 rings (SSSR count). The normalized spacial score (nSPS) is 13.8. The monoisotopic (exact) mass is 650 g/mol. The van der Waals surface area contributed by atoms with E-state index in [1.807, 2.05) is 27.7 Å². The predicted molar refractivity (Wildman–Crippen MR) is 159 cm³/mol. The Morgan fingerprint density at radius 2 is 1.48 bits per heavy atom. The zero-order valence-corrected chi connectivity index (χ0v) is 27.9. The third-order valence-electron chi connectivity index (χ3n) is 5.49. The lowest BCUT2D eigenvalue weighted by molar-refractivity contribution is -0.299. The van der Waals surface area contributed by atoms with E-state index in [0.717, 1.165) is 0 Å². The highest BCUT2D eigenvalue weighted by Gasteiger charge is 2.32. The first-order valence-corrected chi connectivity index (χ1v) is 15.3. The van der Waals surface area contributed by atoms with Crippen LogP contribution in [0.4, 0.5) is 5.82 Å². The summed E-state index contributed by atoms with van der Waals surface area (Å²) in [6.45, 7) is 12.1. The highest BCUT2D eigenvalue weighted by Crippen LogP contribution is 2.46. The van der Waals surface area contributed by atoms with Gasteiger partial charge in [-0.2, -0.15) is 4.98 Å². The van der Waals surface area contributed by atoms with Gasteiger partial charge in [-0.1, -0.05) is 0 Å². The topological polar surface area (TPSA) is 175 Å². The number of hydrogen-bond acceptors (Lipinski definition) is 14. The van der Waals surface area contributed by atoms with Gasteiger partial charge in [0.25, 0.3) is 15.0 Å². The molecule has 252 valence electrons. The second-order valence-corrected chi connectivity index (χ2v) is 11.4. The highest BCUT2D eigenvalue weighted by molar-refractivity contribution is 7.44. The van der Waals surface area contributed by atoms with Crippen LogP contribution in [0.25, 0.3) is 0 Å². The van der Waals surface area contributed by atoms with Gasteiger partial charge in [0.2, 0.25) is 5.91 Å². The summed E-state index contributed by atoms with van der Waals surface area (Å²) in [5, 5.41) is 2.46. The average molecular weight is 651 g/mol. The van der Waals surface area contributed by atoms with E-state index in [2.05, 4.69) is 15.0 Å². The van der Waals surface area contributed by atoms with Gasteiger partial charge < -0.3 is 42.8 Å². The molecule has 1 aromatic heterocycles. The summed E-state index contributed by atoms with van der Waals surface area (Å²) >= 11 is 0. The van der Waals surface area contributed by atoms with E-state index < -0.39 is 44.8 Å². The number of aromatic nitrogens is 2. The van der Waals surface area contributed by atoms with Crippen LogP contribution in [0, 0.1) is 0 Å². The third kappa shape index (κ3) is 16.0. The zero-order valence-electron chi connectivity index (χ0n) is 27.0. The smallest absolute Gasteiger partial charge is 0.351 e. The molecule has 0 aliphatic carbocycles. The maximum Gasteiger partial charge on any atom is 0.351 e. The molecule has 0 bridgehead atoms. The molecule has 0 saturated carbocycles. The van der Waals surface area contributed by atoms with Crippen molar-refractivity contribution in [2.45, 2.75) is 92.9 Å². The molecule has 0 fully saturated rings. The predicted octanol–water partition coefficient (Wildman–Crippen LogP) is 2.40. The SMILES string of the molecule is COP(O[C@H](COC(OCCOC(C)=O)OCCOC(C)=O)[C@@H](C)OCn1ccc(NC(C)=O)nc1=O)N(C(C)C)C(C)C. The van der Waals surface area contributed by atoms with Crippen LogP contribution in [0.2, 0.25) is 0 Å². The fourth-order valence-electron chi connectivity index (χ4n) is 3.59. The Kier molecular flexibility index (Phi) is 19.0. The molecule has 1 N–H and O–H groups in total. The molecule has 1 heterocycles. The molecule has 16 nitrogen and oxygen atoms in total. The minimum atomic E-state index is -1.57. The molecule has 0 aromatic carbocycles. The van der Waals surface area contributed by atoms with Crippen molar-refractivity contribution in [3.05, 3.63) is 22.7 Å². The first-order chi connectivity index (χ1) is 20.7. The number of anilines is 1. The summed E-state index contributed by atoms with van der Waals surface area (Å²) in [6, 6.07) is 1.66. The molecule has 3 atom stereocenters. The van der Waals surface area contributed by atoms with E-state index >= 15 is 0 Å². The quantitative estimate of drug-likeness (QED) is 0.0838. The third-order valence-corrected chi connectivity index (χ3v) is 7.55. The molecule has 1 amide bonds. The zero-order chi connectivity index (χ0) is 33.2. The van der Waals surface area contributed by atoms with E-state index in [0.29, 0.717) is 0 Å². The van der Waals surface area contributed by atoms with Gasteiger partial charge >= 0.3 is 17.6 Å². The lowest BCUT2D eigenvalue weighted by atomic mass is 10.2. The van der Waals surface area contributed by atoms with Gasteiger partial charge in [0.1, 0.15) is 31.9 Å². The van der Waals surface area contributed by atoms with Crippen LogP contribution in [-0.2, 0) is 58.6 Å². The fraction of sp³-hybridized carbons (Fsp3) is 0.741. The Hall–Kier alpha value is -2.56. The maximum absolute atomic E-state index is 12.5. The lowest BCUT2D eigenvalue weighted by Crippen LogP contribution is -2.40. The van der Waals surface area contributed by atoms with Crippen LogP contribution < -0.4 is 11.0 Å². The molecule has 1 unspecified atom stereocenters. The van der Waals surface area contributed by atoms with E-state index in [1.165, 1.54) is 37.6 Å². The van der Waals surface area contributed by atoms with Crippen LogP contribution in [0.15, 0.2) is 17.1 Å². The van der Waals surface area contributed by atoms with Crippen LogP contribution >= 0.6 is 8.53 Å². The first-order valence-electron chi connectivity index (χ1n) is 14.1. The Balaban J connectivity index is 3.09. The minimum absolute atomic E-state index is 0.0287. The van der Waals surface area contributed by atoms with Crippen molar-refractivity contribution in [2.75, 3.05) is 45.5 Å². The van der Waals surface area contributed by atoms with E-state index in [4.69, 9.17) is 37.5 Å². The van der Waals surface area contributed by atoms with Gasteiger partial charge in [0.15, 0.2) is 0 Å². The second-order valence-electron chi connectivity index (χ2n) is 9.92. The van der Waals surface area contributed by atoms with Crippen LogP contribution in [0.5, 0.6) is 0 Å². The van der Waals surface area contributed by atoms with Gasteiger partial charge in [-0.3, -0.25) is 19.0 Å². The van der Waals surface area contributed by atoms with Crippen molar-refractivity contribution in [1.29, 1.82) is 0 Å². The van der Waals surface area contributed by atoms with E-state index in [9.17, 15) is 19.2 Å². The molecule has 44 heavy (non-hydrogen) atoms. The average Bonchev–Trinajstić information content (AvgIpc) is 2.92. The Bertz CT molecular complexity index is 1040. The molecule has 0 aliphatic heterocycles. The maximum atomic E-state index is 12.5. The number of nitrogens with zero attached hydrogens (tertiary/aromatic N) is 3. The van der Waals surface area contributed by atoms with Gasteiger partial charge in [0.05, 0.1) is 25.9 Å². The molecule has 1 aromatic rings. The highest BCUT2D eigenvalue weighted by atomic mass is 31.2. The van der Waals surface area contributed by atoms with Gasteiger partial charge in [-0.25, -0.2) is 9.46 Å². The van der Waals surface area contributed by atoms with Crippen LogP contribution in [0.3, 0.4) is 0 Å². The first kappa shape index (κ1) is 39.5. The fourth-order valence-corrected chi connectivity index (χ4v) is 5.19. The number of rotatable bonds is 22. The van der Waals surface area contributed by atoms with Crippen molar-refractivity contribution >= 4 is 32.2 Å². The van der Waals surface area contributed by atoms with Gasteiger partial charge in [-0.05, 0) is 40.7 Å². The van der Waals surface area contributed by atoms with Crippen molar-refractivity contribution in [3.63, 3.8) is 0 Å². The molecular formula is C27H47N4O12P. The number of carbonyl (C=O) groups is 3. The summed E-state index contributed by atoms with van der Waals surface area (Å²) in [6.07, 6.45) is 0.0475. The number of nitrogens with one attached hydrogen (secondary N) is 1. The van der Waals surface area contributed by atoms with Gasteiger partial charge in [0, 0.05) is 46.2 Å². The number of ether oxygens (including phenoxy) is 6. The Morgan fingerprint density at radius 3 is 1.93 bits per heavy atom. The summed E-state index contributed by atoms with van der Waals surface area (Å²) < 4.78 is 48.3. The summed E-state index contributed by atoms with van der Waals surface area (Å²) in [5.41, 5.74) is -0.621. The number of esters is 2. The number of hydrogen-bond donors (Lipinski definition) is 1. The van der Waals surface area contributed by atoms with E-state index in [-0.39, 0.29) is 63.6 Å². The summed E-state index contributed by atoms with van der Waals surface area (Å²) in [5.74, 6) is -1.15. The van der Waals surface area contributed by atoms with Gasteiger partial charge in [-0.15, -0.1) is 0 Å². The minimum Gasteiger partial charge on any atom is -0.463 e. The molecule has 0 aliphatic rings. The Morgan fingerprint density at radius 1 is 0.909 bits per heavy atom. The largest absolute Gasteiger partial charge is 0.463 e. The Labute approximate surface area is 259 Å².